The van der Waals surface area contributed by atoms with Gasteiger partial charge >= 0.3 is 0 Å². The van der Waals surface area contributed by atoms with E-state index in [4.69, 9.17) is 0 Å². The van der Waals surface area contributed by atoms with Gasteiger partial charge in [-0.2, -0.15) is 0 Å². The van der Waals surface area contributed by atoms with Crippen molar-refractivity contribution in [3.8, 4) is 0 Å². The Morgan fingerprint density at radius 2 is 1.77 bits per heavy atom. The van der Waals surface area contributed by atoms with Crippen LogP contribution >= 0.6 is 0 Å². The summed E-state index contributed by atoms with van der Waals surface area (Å²) < 4.78 is 24.5. The minimum atomic E-state index is -3.29. The van der Waals surface area contributed by atoms with Crippen molar-refractivity contribution in [1.82, 2.24) is 9.80 Å². The van der Waals surface area contributed by atoms with Gasteiger partial charge in [0.15, 0.2) is 9.84 Å². The van der Waals surface area contributed by atoms with E-state index in [1.165, 1.54) is 0 Å². The molecule has 2 aliphatic rings. The van der Waals surface area contributed by atoms with Gasteiger partial charge in [0.25, 0.3) is 0 Å². The van der Waals surface area contributed by atoms with E-state index in [1.54, 1.807) is 4.90 Å². The molecule has 1 amide bonds. The summed E-state index contributed by atoms with van der Waals surface area (Å²) in [6.07, 6.45) is 3.72. The summed E-state index contributed by atoms with van der Waals surface area (Å²) in [6, 6.07) is 0. The number of carbonyl (C=O) groups excluding carboxylic acids is 1. The lowest BCUT2D eigenvalue weighted by molar-refractivity contribution is -0.130. The van der Waals surface area contributed by atoms with E-state index in [0.717, 1.165) is 19.3 Å². The molecule has 1 atom stereocenters. The smallest absolute Gasteiger partial charge is 0.237 e. The maximum atomic E-state index is 12.2. The highest BCUT2D eigenvalue weighted by Gasteiger charge is 2.33. The Bertz CT molecular complexity index is 466. The van der Waals surface area contributed by atoms with Crippen LogP contribution in [0.15, 0.2) is 0 Å². The predicted molar refractivity (Wildman–Crippen MR) is 85.4 cm³/mol. The van der Waals surface area contributed by atoms with E-state index in [9.17, 15) is 18.3 Å². The fourth-order valence-corrected chi connectivity index (χ4v) is 5.05. The van der Waals surface area contributed by atoms with Gasteiger partial charge in [-0.1, -0.05) is 19.8 Å². The molecule has 0 aromatic rings. The number of rotatable bonds is 6. The largest absolute Gasteiger partial charge is 0.392 e. The van der Waals surface area contributed by atoms with Crippen LogP contribution in [0.2, 0.25) is 0 Å². The SMILES string of the molecule is CCC(O)CN1CCN(C(=O)CS(=O)(=O)C2CCCC2)CC1. The van der Waals surface area contributed by atoms with Crippen LogP contribution in [0.1, 0.15) is 39.0 Å². The molecular weight excluding hydrogens is 304 g/mol. The second-order valence-corrected chi connectivity index (χ2v) is 8.74. The lowest BCUT2D eigenvalue weighted by atomic mass is 10.2. The second-order valence-electron chi connectivity index (χ2n) is 6.46. The Hall–Kier alpha value is -0.660. The molecule has 0 bridgehead atoms. The van der Waals surface area contributed by atoms with E-state index < -0.39 is 9.84 Å². The second kappa shape index (κ2) is 7.75. The fourth-order valence-electron chi connectivity index (χ4n) is 3.24. The highest BCUT2D eigenvalue weighted by molar-refractivity contribution is 7.92. The topological polar surface area (TPSA) is 77.9 Å². The molecule has 1 saturated heterocycles. The highest BCUT2D eigenvalue weighted by atomic mass is 32.2. The number of aliphatic hydroxyl groups is 1. The zero-order chi connectivity index (χ0) is 16.2. The van der Waals surface area contributed by atoms with Gasteiger partial charge in [0.05, 0.1) is 11.4 Å². The lowest BCUT2D eigenvalue weighted by Crippen LogP contribution is -2.51. The summed E-state index contributed by atoms with van der Waals surface area (Å²) in [5, 5.41) is 9.35. The van der Waals surface area contributed by atoms with Crippen molar-refractivity contribution in [3.63, 3.8) is 0 Å². The first-order valence-corrected chi connectivity index (χ1v) is 10.0. The number of hydrogen-bond donors (Lipinski definition) is 1. The Morgan fingerprint density at radius 3 is 2.32 bits per heavy atom. The lowest BCUT2D eigenvalue weighted by Gasteiger charge is -2.35. The Kier molecular flexibility index (Phi) is 6.23. The molecule has 0 aromatic heterocycles. The average Bonchev–Trinajstić information content (AvgIpc) is 3.02. The minimum Gasteiger partial charge on any atom is -0.392 e. The molecule has 22 heavy (non-hydrogen) atoms. The number of amides is 1. The van der Waals surface area contributed by atoms with Crippen molar-refractivity contribution in [2.24, 2.45) is 0 Å². The first-order chi connectivity index (χ1) is 10.4. The molecule has 1 unspecified atom stereocenters. The minimum absolute atomic E-state index is 0.261. The average molecular weight is 332 g/mol. The molecule has 2 fully saturated rings. The van der Waals surface area contributed by atoms with Gasteiger partial charge in [0, 0.05) is 32.7 Å². The van der Waals surface area contributed by atoms with Crippen LogP contribution in [-0.2, 0) is 14.6 Å². The molecular formula is C15H28N2O4S. The molecule has 0 aromatic carbocycles. The van der Waals surface area contributed by atoms with E-state index in [0.29, 0.717) is 45.6 Å². The summed E-state index contributed by atoms with van der Waals surface area (Å²) in [5.41, 5.74) is 0. The van der Waals surface area contributed by atoms with Gasteiger partial charge in [-0.15, -0.1) is 0 Å². The Labute approximate surface area is 133 Å². The van der Waals surface area contributed by atoms with Gasteiger partial charge in [-0.05, 0) is 19.3 Å². The molecule has 0 radical (unpaired) electrons. The van der Waals surface area contributed by atoms with E-state index in [2.05, 4.69) is 4.90 Å². The quantitative estimate of drug-likeness (QED) is 0.755. The molecule has 7 heteroatoms. The summed E-state index contributed by atoms with van der Waals surface area (Å²) in [4.78, 5) is 16.0. The summed E-state index contributed by atoms with van der Waals surface area (Å²) in [5.74, 6) is -0.600. The van der Waals surface area contributed by atoms with Crippen LogP contribution in [0.3, 0.4) is 0 Å². The zero-order valence-corrected chi connectivity index (χ0v) is 14.2. The molecule has 1 aliphatic carbocycles. The van der Waals surface area contributed by atoms with Gasteiger partial charge in [-0.3, -0.25) is 9.69 Å². The highest BCUT2D eigenvalue weighted by Crippen LogP contribution is 2.25. The van der Waals surface area contributed by atoms with Crippen LogP contribution in [-0.4, -0.2) is 79.1 Å². The van der Waals surface area contributed by atoms with Crippen LogP contribution in [0, 0.1) is 0 Å². The number of β-amino-alcohol motifs (C(OH)–C–C–N with tert-alkyl or cyclic N) is 1. The maximum absolute atomic E-state index is 12.2. The number of carbonyl (C=O) groups is 1. The van der Waals surface area contributed by atoms with Crippen molar-refractivity contribution in [1.29, 1.82) is 0 Å². The van der Waals surface area contributed by atoms with Gasteiger partial charge < -0.3 is 10.0 Å². The Balaban J connectivity index is 1.80. The van der Waals surface area contributed by atoms with Crippen molar-refractivity contribution in [3.05, 3.63) is 0 Å². The maximum Gasteiger partial charge on any atom is 0.237 e. The molecule has 1 saturated carbocycles. The normalized spacial score (nSPS) is 22.9. The number of sulfone groups is 1. The van der Waals surface area contributed by atoms with Crippen LogP contribution < -0.4 is 0 Å². The number of piperazine rings is 1. The monoisotopic (exact) mass is 332 g/mol. The molecule has 128 valence electrons. The third-order valence-corrected chi connectivity index (χ3v) is 6.94. The van der Waals surface area contributed by atoms with Gasteiger partial charge in [-0.25, -0.2) is 8.42 Å². The van der Waals surface area contributed by atoms with Gasteiger partial charge in [0.2, 0.25) is 5.91 Å². The zero-order valence-electron chi connectivity index (χ0n) is 13.4. The molecule has 1 aliphatic heterocycles. The van der Waals surface area contributed by atoms with Crippen molar-refractivity contribution >= 4 is 15.7 Å². The molecule has 6 nitrogen and oxygen atoms in total. The van der Waals surface area contributed by atoms with Crippen molar-refractivity contribution in [2.45, 2.75) is 50.4 Å². The predicted octanol–water partition coefficient (Wildman–Crippen LogP) is 0.259. The number of nitrogens with zero attached hydrogens (tertiary/aromatic N) is 2. The van der Waals surface area contributed by atoms with Crippen molar-refractivity contribution in [2.75, 3.05) is 38.5 Å². The van der Waals surface area contributed by atoms with Crippen LogP contribution in [0.25, 0.3) is 0 Å². The summed E-state index contributed by atoms with van der Waals surface area (Å²) >= 11 is 0. The summed E-state index contributed by atoms with van der Waals surface area (Å²) in [6.45, 7) is 5.07. The third-order valence-electron chi connectivity index (χ3n) is 4.80. The molecule has 1 N–H and O–H groups in total. The molecule has 1 heterocycles. The number of hydrogen-bond acceptors (Lipinski definition) is 5. The van der Waals surface area contributed by atoms with Crippen LogP contribution in [0.5, 0.6) is 0 Å². The third kappa shape index (κ3) is 4.67. The van der Waals surface area contributed by atoms with E-state index in [-0.39, 0.29) is 23.0 Å². The number of aliphatic hydroxyl groups excluding tert-OH is 1. The molecule has 2 rings (SSSR count). The standard InChI is InChI=1S/C15H28N2O4S/c1-2-13(18)11-16-7-9-17(10-8-16)15(19)12-22(20,21)14-5-3-4-6-14/h13-14,18H,2-12H2,1H3. The van der Waals surface area contributed by atoms with Gasteiger partial charge in [0.1, 0.15) is 5.75 Å². The van der Waals surface area contributed by atoms with E-state index >= 15 is 0 Å². The fraction of sp³-hybridized carbons (Fsp3) is 0.933. The first-order valence-electron chi connectivity index (χ1n) is 8.32. The Morgan fingerprint density at radius 1 is 1.18 bits per heavy atom. The summed E-state index contributed by atoms with van der Waals surface area (Å²) in [7, 11) is -3.29. The molecule has 0 spiro atoms. The first kappa shape index (κ1) is 17.7. The van der Waals surface area contributed by atoms with Crippen LogP contribution in [0.4, 0.5) is 0 Å². The van der Waals surface area contributed by atoms with Crippen molar-refractivity contribution < 1.29 is 18.3 Å². The van der Waals surface area contributed by atoms with E-state index in [1.807, 2.05) is 6.92 Å².